The fourth-order valence-corrected chi connectivity index (χ4v) is 2.78. The predicted molar refractivity (Wildman–Crippen MR) is 85.4 cm³/mol. The topological polar surface area (TPSA) is 105 Å². The summed E-state index contributed by atoms with van der Waals surface area (Å²) < 4.78 is 0. The number of carbonyl (C=O) groups is 2. The smallest absolute Gasteiger partial charge is 0.271 e. The number of hydrogen-bond acceptors (Lipinski definition) is 5. The number of rotatable bonds is 5. The highest BCUT2D eigenvalue weighted by Crippen LogP contribution is 2.26. The number of likely N-dealkylation sites (N-methyl/N-ethyl adjacent to an activating group) is 1. The Balaban J connectivity index is 1.99. The van der Waals surface area contributed by atoms with Gasteiger partial charge in [-0.3, -0.25) is 19.7 Å². The van der Waals surface area contributed by atoms with Crippen LogP contribution in [0.1, 0.15) is 12.8 Å². The van der Waals surface area contributed by atoms with Gasteiger partial charge in [-0.1, -0.05) is 11.6 Å². The molecule has 1 aliphatic heterocycles. The molecule has 9 heteroatoms. The number of carbonyl (C=O) groups excluding carboxylic acids is 2. The molecule has 23 heavy (non-hydrogen) atoms. The summed E-state index contributed by atoms with van der Waals surface area (Å²) in [6.45, 7) is 0.498. The first kappa shape index (κ1) is 17.0. The number of nitro benzene ring substituents is 1. The number of nitrogens with one attached hydrogen (secondary N) is 2. The highest BCUT2D eigenvalue weighted by Gasteiger charge is 2.33. The second-order valence-electron chi connectivity index (χ2n) is 5.13. The van der Waals surface area contributed by atoms with Gasteiger partial charge in [0.2, 0.25) is 11.8 Å². The van der Waals surface area contributed by atoms with E-state index in [1.807, 2.05) is 0 Å². The standard InChI is InChI=1S/C14H17ClN4O4/c1-16-14(21)12-3-2-6-18(12)13(20)8-17-11-5-4-9(19(22)23)7-10(11)15/h4-5,7,12,17H,2-3,6,8H2,1H3,(H,16,21)/t12-/m1/s1. The average Bonchev–Trinajstić information content (AvgIpc) is 3.02. The molecule has 1 aromatic carbocycles. The predicted octanol–water partition coefficient (Wildman–Crippen LogP) is 1.40. The maximum atomic E-state index is 12.3. The molecule has 0 aliphatic carbocycles. The summed E-state index contributed by atoms with van der Waals surface area (Å²) in [7, 11) is 1.54. The van der Waals surface area contributed by atoms with Crippen molar-refractivity contribution in [2.75, 3.05) is 25.5 Å². The van der Waals surface area contributed by atoms with Crippen LogP contribution in [0.25, 0.3) is 0 Å². The van der Waals surface area contributed by atoms with Crippen LogP contribution in [0.3, 0.4) is 0 Å². The lowest BCUT2D eigenvalue weighted by atomic mass is 10.2. The number of anilines is 1. The number of nitrogens with zero attached hydrogens (tertiary/aromatic N) is 2. The van der Waals surface area contributed by atoms with Crippen LogP contribution in [0, 0.1) is 10.1 Å². The molecule has 1 atom stereocenters. The van der Waals surface area contributed by atoms with Crippen LogP contribution < -0.4 is 10.6 Å². The normalized spacial score (nSPS) is 17.0. The van der Waals surface area contributed by atoms with Crippen molar-refractivity contribution < 1.29 is 14.5 Å². The molecule has 0 radical (unpaired) electrons. The fraction of sp³-hybridized carbons (Fsp3) is 0.429. The summed E-state index contributed by atoms with van der Waals surface area (Å²) in [5.74, 6) is -0.394. The summed E-state index contributed by atoms with van der Waals surface area (Å²) in [6, 6.07) is 3.54. The first-order valence-electron chi connectivity index (χ1n) is 7.13. The number of halogens is 1. The van der Waals surface area contributed by atoms with E-state index in [1.54, 1.807) is 0 Å². The van der Waals surface area contributed by atoms with Crippen molar-refractivity contribution in [2.24, 2.45) is 0 Å². The molecule has 0 aromatic heterocycles. The Morgan fingerprint density at radius 3 is 2.83 bits per heavy atom. The summed E-state index contributed by atoms with van der Waals surface area (Å²) >= 11 is 5.96. The van der Waals surface area contributed by atoms with Crippen LogP contribution in [-0.2, 0) is 9.59 Å². The van der Waals surface area contributed by atoms with Crippen LogP contribution >= 0.6 is 11.6 Å². The third kappa shape index (κ3) is 3.89. The van der Waals surface area contributed by atoms with Crippen molar-refractivity contribution in [1.29, 1.82) is 0 Å². The van der Waals surface area contributed by atoms with Crippen LogP contribution in [-0.4, -0.2) is 47.8 Å². The summed E-state index contributed by atoms with van der Waals surface area (Å²) in [4.78, 5) is 35.7. The lowest BCUT2D eigenvalue weighted by Crippen LogP contribution is -2.46. The monoisotopic (exact) mass is 340 g/mol. The van der Waals surface area contributed by atoms with Gasteiger partial charge in [-0.05, 0) is 18.9 Å². The van der Waals surface area contributed by atoms with E-state index in [2.05, 4.69) is 10.6 Å². The summed E-state index contributed by atoms with van der Waals surface area (Å²) in [5, 5.41) is 16.2. The largest absolute Gasteiger partial charge is 0.375 e. The molecule has 0 saturated carbocycles. The van der Waals surface area contributed by atoms with E-state index in [-0.39, 0.29) is 29.1 Å². The fourth-order valence-electron chi connectivity index (χ4n) is 2.54. The van der Waals surface area contributed by atoms with Crippen LogP contribution in [0.4, 0.5) is 11.4 Å². The number of likely N-dealkylation sites (tertiary alicyclic amines) is 1. The second-order valence-corrected chi connectivity index (χ2v) is 5.54. The zero-order valence-electron chi connectivity index (χ0n) is 12.5. The van der Waals surface area contributed by atoms with Crippen molar-refractivity contribution in [3.8, 4) is 0 Å². The minimum absolute atomic E-state index is 0.0367. The van der Waals surface area contributed by atoms with Gasteiger partial charge in [0, 0.05) is 25.7 Å². The first-order chi connectivity index (χ1) is 10.9. The molecular formula is C14H17ClN4O4. The van der Waals surface area contributed by atoms with Gasteiger partial charge >= 0.3 is 0 Å². The van der Waals surface area contributed by atoms with Crippen LogP contribution in [0.5, 0.6) is 0 Å². The second kappa shape index (κ2) is 7.28. The zero-order chi connectivity index (χ0) is 17.0. The van der Waals surface area contributed by atoms with Crippen LogP contribution in [0.15, 0.2) is 18.2 Å². The van der Waals surface area contributed by atoms with Crippen molar-refractivity contribution in [1.82, 2.24) is 10.2 Å². The molecular weight excluding hydrogens is 324 g/mol. The molecule has 1 fully saturated rings. The van der Waals surface area contributed by atoms with Gasteiger partial charge in [-0.15, -0.1) is 0 Å². The number of benzene rings is 1. The van der Waals surface area contributed by atoms with Gasteiger partial charge in [0.25, 0.3) is 5.69 Å². The summed E-state index contributed by atoms with van der Waals surface area (Å²) in [5.41, 5.74) is 0.312. The van der Waals surface area contributed by atoms with Gasteiger partial charge in [0.1, 0.15) is 6.04 Å². The number of nitro groups is 1. The molecule has 1 heterocycles. The lowest BCUT2D eigenvalue weighted by molar-refractivity contribution is -0.384. The highest BCUT2D eigenvalue weighted by molar-refractivity contribution is 6.33. The Kier molecular flexibility index (Phi) is 5.38. The average molecular weight is 341 g/mol. The van der Waals surface area contributed by atoms with Crippen molar-refractivity contribution in [3.63, 3.8) is 0 Å². The van der Waals surface area contributed by atoms with E-state index in [0.29, 0.717) is 18.7 Å². The molecule has 0 bridgehead atoms. The van der Waals surface area contributed by atoms with E-state index >= 15 is 0 Å². The molecule has 8 nitrogen and oxygen atoms in total. The van der Waals surface area contributed by atoms with Gasteiger partial charge in [0.05, 0.1) is 22.2 Å². The molecule has 2 rings (SSSR count). The minimum atomic E-state index is -0.543. The Bertz CT molecular complexity index is 637. The molecule has 124 valence electrons. The van der Waals surface area contributed by atoms with E-state index in [9.17, 15) is 19.7 Å². The van der Waals surface area contributed by atoms with E-state index in [4.69, 9.17) is 11.6 Å². The molecule has 1 saturated heterocycles. The van der Waals surface area contributed by atoms with Crippen LogP contribution in [0.2, 0.25) is 5.02 Å². The molecule has 2 N–H and O–H groups in total. The Morgan fingerprint density at radius 2 is 2.22 bits per heavy atom. The molecule has 0 unspecified atom stereocenters. The maximum absolute atomic E-state index is 12.3. The number of hydrogen-bond donors (Lipinski definition) is 2. The van der Waals surface area contributed by atoms with Gasteiger partial charge < -0.3 is 15.5 Å². The van der Waals surface area contributed by atoms with Crippen molar-refractivity contribution >= 4 is 34.8 Å². The zero-order valence-corrected chi connectivity index (χ0v) is 13.3. The van der Waals surface area contributed by atoms with Gasteiger partial charge in [-0.25, -0.2) is 0 Å². The van der Waals surface area contributed by atoms with Gasteiger partial charge in [0.15, 0.2) is 0 Å². The van der Waals surface area contributed by atoms with Gasteiger partial charge in [-0.2, -0.15) is 0 Å². The molecule has 2 amide bonds. The van der Waals surface area contributed by atoms with E-state index in [1.165, 1.54) is 30.1 Å². The number of non-ortho nitro benzene ring substituents is 1. The number of amides is 2. The Hall–Kier alpha value is -2.35. The molecule has 1 aliphatic rings. The van der Waals surface area contributed by atoms with Crippen molar-refractivity contribution in [3.05, 3.63) is 33.3 Å². The highest BCUT2D eigenvalue weighted by atomic mass is 35.5. The Morgan fingerprint density at radius 1 is 1.48 bits per heavy atom. The Labute approximate surface area is 137 Å². The van der Waals surface area contributed by atoms with E-state index < -0.39 is 11.0 Å². The third-order valence-corrected chi connectivity index (χ3v) is 4.03. The van der Waals surface area contributed by atoms with E-state index in [0.717, 1.165) is 6.42 Å². The lowest BCUT2D eigenvalue weighted by Gasteiger charge is -2.23. The third-order valence-electron chi connectivity index (χ3n) is 3.72. The molecule has 0 spiro atoms. The summed E-state index contributed by atoms with van der Waals surface area (Å²) in [6.07, 6.45) is 1.42. The molecule has 1 aromatic rings. The quantitative estimate of drug-likeness (QED) is 0.622. The first-order valence-corrected chi connectivity index (χ1v) is 7.50. The SMILES string of the molecule is CNC(=O)[C@H]1CCCN1C(=O)CNc1ccc([N+](=O)[O-])cc1Cl. The van der Waals surface area contributed by atoms with Crippen molar-refractivity contribution in [2.45, 2.75) is 18.9 Å². The maximum Gasteiger partial charge on any atom is 0.271 e. The minimum Gasteiger partial charge on any atom is -0.375 e.